The Hall–Kier alpha value is -6.85. The molecule has 5 aliphatic rings. The van der Waals surface area contributed by atoms with Crippen LogP contribution in [0.25, 0.3) is 27.8 Å². The molecule has 67 heavy (non-hydrogen) atoms. The number of likely N-dealkylation sites (tertiary alicyclic amines) is 1. The number of H-pyrrole nitrogens is 1. The Morgan fingerprint density at radius 1 is 0.925 bits per heavy atom. The number of sulfonamides is 1. The number of aromatic nitrogens is 5. The fourth-order valence-electron chi connectivity index (χ4n) is 11.3. The third-order valence-corrected chi connectivity index (χ3v) is 16.1. The molecule has 3 aromatic carbocycles. The highest BCUT2D eigenvalue weighted by Crippen LogP contribution is 2.55. The normalized spacial score (nSPS) is 20.6. The van der Waals surface area contributed by atoms with Gasteiger partial charge in [0.2, 0.25) is 5.88 Å². The highest BCUT2D eigenvalue weighted by Gasteiger charge is 2.50. The van der Waals surface area contributed by atoms with E-state index in [1.165, 1.54) is 45.1 Å². The number of nitrogens with one attached hydrogen (secondary N) is 3. The Morgan fingerprint density at radius 3 is 2.51 bits per heavy atom. The van der Waals surface area contributed by atoms with Gasteiger partial charge in [-0.2, -0.15) is 13.4 Å². The monoisotopic (exact) mass is 918 g/mol. The molecule has 0 radical (unpaired) electrons. The number of aromatic amines is 1. The number of carbonyl (C=O) groups excluding carboxylic acids is 1. The number of rotatable bonds is 11. The Balaban J connectivity index is 0.797. The van der Waals surface area contributed by atoms with E-state index < -0.39 is 31.6 Å². The second kappa shape index (κ2) is 16.2. The van der Waals surface area contributed by atoms with Crippen LogP contribution in [0.5, 0.6) is 5.88 Å². The molecule has 2 saturated carbocycles. The first-order valence-electron chi connectivity index (χ1n) is 23.3. The molecule has 4 aromatic heterocycles. The third kappa shape index (κ3) is 7.63. The van der Waals surface area contributed by atoms with Gasteiger partial charge in [-0.3, -0.25) is 29.6 Å². The van der Waals surface area contributed by atoms with Crippen molar-refractivity contribution in [2.75, 3.05) is 36.5 Å². The summed E-state index contributed by atoms with van der Waals surface area (Å²) in [5.41, 5.74) is 7.08. The van der Waals surface area contributed by atoms with Crippen molar-refractivity contribution >= 4 is 55.1 Å². The number of nitro groups is 1. The maximum atomic E-state index is 14.3. The molecular formula is C50H50N10O6S. The van der Waals surface area contributed by atoms with Gasteiger partial charge in [0.1, 0.15) is 12.1 Å². The molecular weight excluding hydrogens is 869 g/mol. The Kier molecular flexibility index (Phi) is 10.0. The molecule has 7 heterocycles. The number of nitrogens with zero attached hydrogens (tertiary/aromatic N) is 7. The van der Waals surface area contributed by atoms with Crippen molar-refractivity contribution in [3.63, 3.8) is 0 Å². The van der Waals surface area contributed by atoms with Gasteiger partial charge in [0, 0.05) is 48.6 Å². The van der Waals surface area contributed by atoms with Gasteiger partial charge < -0.3 is 15.0 Å². The van der Waals surface area contributed by atoms with Gasteiger partial charge in [0.15, 0.2) is 16.4 Å². The maximum absolute atomic E-state index is 14.3. The zero-order valence-corrected chi connectivity index (χ0v) is 37.6. The van der Waals surface area contributed by atoms with Crippen LogP contribution in [-0.4, -0.2) is 87.2 Å². The number of fused-ring (bicyclic) bond motifs is 3. The van der Waals surface area contributed by atoms with Crippen LogP contribution in [0.3, 0.4) is 0 Å². The molecule has 7 aromatic rings. The molecule has 2 atom stereocenters. The topological polar surface area (TPSA) is 194 Å². The van der Waals surface area contributed by atoms with Gasteiger partial charge >= 0.3 is 5.69 Å². The number of hydrogen-bond acceptors (Lipinski definition) is 12. The summed E-state index contributed by atoms with van der Waals surface area (Å²) in [4.78, 5) is 44.4. The van der Waals surface area contributed by atoms with E-state index >= 15 is 0 Å². The molecule has 4 fully saturated rings. The molecule has 16 nitrogen and oxygen atoms in total. The molecule has 3 aliphatic heterocycles. The van der Waals surface area contributed by atoms with Crippen LogP contribution in [0.1, 0.15) is 90.4 Å². The van der Waals surface area contributed by atoms with Crippen LogP contribution >= 0.6 is 0 Å². The van der Waals surface area contributed by atoms with Gasteiger partial charge in [0.25, 0.3) is 15.9 Å². The maximum Gasteiger partial charge on any atom is 0.300 e. The SMILES string of the molecule is O=C(NS(=O)(=O)c1cc([N+](=O)[O-])c2c(n1)OC[C@H](Cc1ccccc1)N2)c1ccc(N2CCC3(CC2)CC(N2CCCC2c2ccccc2C2CC2)C3)cc1-n1[nH]cc2nc3nccc3cc21. The van der Waals surface area contributed by atoms with Crippen LogP contribution in [0, 0.1) is 15.5 Å². The predicted molar refractivity (Wildman–Crippen MR) is 253 cm³/mol. The molecule has 2 aliphatic carbocycles. The summed E-state index contributed by atoms with van der Waals surface area (Å²) in [6.45, 7) is 2.96. The minimum absolute atomic E-state index is 0.0237. The van der Waals surface area contributed by atoms with Crippen molar-refractivity contribution in [3.05, 3.63) is 136 Å². The number of hydrogen-bond donors (Lipinski definition) is 3. The second-order valence-corrected chi connectivity index (χ2v) is 20.7. The van der Waals surface area contributed by atoms with Crippen molar-refractivity contribution in [1.29, 1.82) is 0 Å². The summed E-state index contributed by atoms with van der Waals surface area (Å²) in [5.74, 6) is -0.437. The number of carbonyl (C=O) groups is 1. The number of amides is 1. The number of anilines is 2. The van der Waals surface area contributed by atoms with Gasteiger partial charge in [-0.25, -0.2) is 14.7 Å². The lowest BCUT2D eigenvalue weighted by molar-refractivity contribution is -0.384. The summed E-state index contributed by atoms with van der Waals surface area (Å²) in [6.07, 6.45) is 13.6. The zero-order chi connectivity index (χ0) is 45.4. The molecule has 1 unspecified atom stereocenters. The lowest BCUT2D eigenvalue weighted by Gasteiger charge is -2.56. The number of ether oxygens (including phenoxy) is 1. The fourth-order valence-corrected chi connectivity index (χ4v) is 12.3. The summed E-state index contributed by atoms with van der Waals surface area (Å²) >= 11 is 0. The standard InChI is InChI=1S/C50H50N10O6S/c61-48(56-67(64,65)45-26-44(60(62)63)46-49(55-45)66-30-34(53-46)23-31-7-2-1-3-8-31)39-15-14-35(25-42(39)59-43-24-33-16-19-51-47(33)54-40(43)29-52-59)57-21-17-50(18-22-57)27-36(28-50)58-20-6-11-41(58)38-10-5-4-9-37(38)32-12-13-32/h1-5,7-10,14-16,19,24-26,29,32,34,36,41,52-53H,6,11-13,17-18,20-23,27-28,30H2,(H,56,61)/t34-,41?/m0/s1. The quantitative estimate of drug-likeness (QED) is 0.0833. The molecule has 12 rings (SSSR count). The molecule has 3 N–H and O–H groups in total. The number of benzene rings is 3. The number of pyridine rings is 2. The van der Waals surface area contributed by atoms with Gasteiger partial charge in [-0.1, -0.05) is 54.6 Å². The smallest absolute Gasteiger partial charge is 0.300 e. The Labute approximate surface area is 386 Å². The first kappa shape index (κ1) is 41.6. The Bertz CT molecular complexity index is 3190. The van der Waals surface area contributed by atoms with Crippen molar-refractivity contribution in [2.45, 2.75) is 86.9 Å². The van der Waals surface area contributed by atoms with E-state index in [0.717, 1.165) is 54.6 Å². The third-order valence-electron chi connectivity index (χ3n) is 14.9. The highest BCUT2D eigenvalue weighted by atomic mass is 32.2. The van der Waals surface area contributed by atoms with Crippen LogP contribution in [0.2, 0.25) is 0 Å². The minimum atomic E-state index is -4.76. The van der Waals surface area contributed by atoms with Gasteiger partial charge in [0.05, 0.1) is 33.8 Å². The van der Waals surface area contributed by atoms with E-state index in [9.17, 15) is 23.3 Å². The highest BCUT2D eigenvalue weighted by molar-refractivity contribution is 7.90. The molecule has 1 amide bonds. The average molecular weight is 919 g/mol. The molecule has 17 heteroatoms. The molecule has 1 spiro atoms. The van der Waals surface area contributed by atoms with Crippen LogP contribution < -0.4 is 19.7 Å². The average Bonchev–Trinajstić information content (AvgIpc) is 3.66. The largest absolute Gasteiger partial charge is 0.474 e. The Morgan fingerprint density at radius 2 is 1.72 bits per heavy atom. The van der Waals surface area contributed by atoms with E-state index in [2.05, 4.69) is 59.2 Å². The van der Waals surface area contributed by atoms with Crippen molar-refractivity contribution in [2.24, 2.45) is 5.41 Å². The first-order valence-corrected chi connectivity index (χ1v) is 24.8. The summed E-state index contributed by atoms with van der Waals surface area (Å²) < 4.78 is 37.8. The van der Waals surface area contributed by atoms with Crippen molar-refractivity contribution < 1.29 is 22.9 Å². The lowest BCUT2D eigenvalue weighted by Crippen LogP contribution is -2.55. The summed E-state index contributed by atoms with van der Waals surface area (Å²) in [7, 11) is -4.76. The summed E-state index contributed by atoms with van der Waals surface area (Å²) in [5, 5.41) is 18.8. The van der Waals surface area contributed by atoms with Crippen molar-refractivity contribution in [3.8, 4) is 11.6 Å². The minimum Gasteiger partial charge on any atom is -0.474 e. The molecule has 2 saturated heterocycles. The van der Waals surface area contributed by atoms with E-state index in [1.807, 2.05) is 54.6 Å². The fraction of sp³-hybridized carbons (Fsp3) is 0.360. The van der Waals surface area contributed by atoms with Crippen LogP contribution in [-0.2, 0) is 16.4 Å². The van der Waals surface area contributed by atoms with Crippen LogP contribution in [0.4, 0.5) is 17.1 Å². The van der Waals surface area contributed by atoms with E-state index in [1.54, 1.807) is 34.3 Å². The molecule has 342 valence electrons. The van der Waals surface area contributed by atoms with E-state index in [-0.39, 0.29) is 29.8 Å². The predicted octanol–water partition coefficient (Wildman–Crippen LogP) is 8.20. The van der Waals surface area contributed by atoms with E-state index in [4.69, 9.17) is 9.72 Å². The number of piperidine rings is 1. The van der Waals surface area contributed by atoms with Crippen molar-refractivity contribution in [1.82, 2.24) is 34.4 Å². The first-order chi connectivity index (χ1) is 32.6. The molecule has 0 bridgehead atoms. The van der Waals surface area contributed by atoms with Gasteiger partial charge in [-0.15, -0.1) is 0 Å². The lowest BCUT2D eigenvalue weighted by atomic mass is 9.59. The summed E-state index contributed by atoms with van der Waals surface area (Å²) in [6, 6.07) is 29.6. The zero-order valence-electron chi connectivity index (χ0n) is 36.8. The van der Waals surface area contributed by atoms with E-state index in [0.29, 0.717) is 46.3 Å². The van der Waals surface area contributed by atoms with Gasteiger partial charge in [-0.05, 0) is 123 Å². The van der Waals surface area contributed by atoms with Crippen LogP contribution in [0.15, 0.2) is 108 Å². The second-order valence-electron chi connectivity index (χ2n) is 19.1.